The predicted octanol–water partition coefficient (Wildman–Crippen LogP) is 1.55. The Morgan fingerprint density at radius 3 is 2.55 bits per heavy atom. The van der Waals surface area contributed by atoms with E-state index in [9.17, 15) is 14.4 Å². The van der Waals surface area contributed by atoms with E-state index in [2.05, 4.69) is 21.2 Å². The number of amides is 3. The lowest BCUT2D eigenvalue weighted by molar-refractivity contribution is -0.136. The summed E-state index contributed by atoms with van der Waals surface area (Å²) >= 11 is 3.26. The number of ether oxygens (including phenoxy) is 1. The molecule has 20 heavy (non-hydrogen) atoms. The van der Waals surface area contributed by atoms with Gasteiger partial charge in [-0.25, -0.2) is 9.59 Å². The molecular weight excluding hydrogens is 328 g/mol. The fourth-order valence-corrected chi connectivity index (χ4v) is 2.03. The molecule has 0 aliphatic carbocycles. The zero-order valence-electron chi connectivity index (χ0n) is 10.8. The van der Waals surface area contributed by atoms with E-state index in [1.54, 1.807) is 24.3 Å². The number of carbonyl (C=O) groups excluding carboxylic acids is 3. The highest BCUT2D eigenvalue weighted by Crippen LogP contribution is 2.13. The maximum absolute atomic E-state index is 12.0. The van der Waals surface area contributed by atoms with Gasteiger partial charge in [0.15, 0.2) is 6.10 Å². The van der Waals surface area contributed by atoms with Crippen molar-refractivity contribution in [2.24, 2.45) is 0 Å². The first-order valence-electron chi connectivity index (χ1n) is 6.05. The van der Waals surface area contributed by atoms with Crippen molar-refractivity contribution < 1.29 is 19.1 Å². The molecule has 6 nitrogen and oxygen atoms in total. The number of carbonyl (C=O) groups is 3. The molecule has 1 saturated heterocycles. The van der Waals surface area contributed by atoms with Crippen LogP contribution in [0.5, 0.6) is 0 Å². The van der Waals surface area contributed by atoms with Crippen molar-refractivity contribution in [3.05, 3.63) is 34.3 Å². The normalized spacial score (nSPS) is 15.7. The third-order valence-corrected chi connectivity index (χ3v) is 3.36. The fourth-order valence-electron chi connectivity index (χ4n) is 1.77. The SMILES string of the molecule is CC(OC(=O)c1ccc(Br)cc1)C(=O)N1CCNC1=O. The molecule has 0 bridgehead atoms. The van der Waals surface area contributed by atoms with Crippen LogP contribution in [0.2, 0.25) is 0 Å². The molecule has 1 heterocycles. The molecule has 7 heteroatoms. The molecule has 0 saturated carbocycles. The van der Waals surface area contributed by atoms with Gasteiger partial charge in [0.25, 0.3) is 5.91 Å². The maximum atomic E-state index is 12.0. The lowest BCUT2D eigenvalue weighted by Gasteiger charge is -2.18. The predicted molar refractivity (Wildman–Crippen MR) is 74.1 cm³/mol. The van der Waals surface area contributed by atoms with Crippen LogP contribution in [0.4, 0.5) is 4.79 Å². The molecular formula is C13H13BrN2O4. The topological polar surface area (TPSA) is 75.7 Å². The number of hydrogen-bond donors (Lipinski definition) is 1. The highest BCUT2D eigenvalue weighted by molar-refractivity contribution is 9.10. The number of esters is 1. The molecule has 1 aliphatic rings. The first-order valence-corrected chi connectivity index (χ1v) is 6.84. The van der Waals surface area contributed by atoms with Crippen LogP contribution in [-0.2, 0) is 9.53 Å². The molecule has 1 aromatic rings. The largest absolute Gasteiger partial charge is 0.449 e. The summed E-state index contributed by atoms with van der Waals surface area (Å²) in [5.41, 5.74) is 0.346. The summed E-state index contributed by atoms with van der Waals surface area (Å²) in [6, 6.07) is 6.13. The van der Waals surface area contributed by atoms with Crippen LogP contribution in [0.15, 0.2) is 28.7 Å². The first-order chi connectivity index (χ1) is 9.49. The van der Waals surface area contributed by atoms with Crippen LogP contribution >= 0.6 is 15.9 Å². The molecule has 0 aromatic heterocycles. The monoisotopic (exact) mass is 340 g/mol. The quantitative estimate of drug-likeness (QED) is 0.847. The Labute approximate surface area is 124 Å². The molecule has 1 unspecified atom stereocenters. The van der Waals surface area contributed by atoms with Crippen LogP contribution in [0.25, 0.3) is 0 Å². The van der Waals surface area contributed by atoms with E-state index in [1.807, 2.05) is 0 Å². The summed E-state index contributed by atoms with van der Waals surface area (Å²) < 4.78 is 5.91. The molecule has 1 aromatic carbocycles. The van der Waals surface area contributed by atoms with Gasteiger partial charge in [-0.05, 0) is 31.2 Å². The second-order valence-corrected chi connectivity index (χ2v) is 5.19. The van der Waals surface area contributed by atoms with E-state index in [-0.39, 0.29) is 6.54 Å². The molecule has 1 N–H and O–H groups in total. The van der Waals surface area contributed by atoms with Crippen molar-refractivity contribution in [1.82, 2.24) is 10.2 Å². The number of imide groups is 1. The van der Waals surface area contributed by atoms with Crippen LogP contribution < -0.4 is 5.32 Å². The lowest BCUT2D eigenvalue weighted by atomic mass is 10.2. The van der Waals surface area contributed by atoms with Crippen molar-refractivity contribution in [3.8, 4) is 0 Å². The lowest BCUT2D eigenvalue weighted by Crippen LogP contribution is -2.41. The zero-order chi connectivity index (χ0) is 14.7. The Morgan fingerprint density at radius 1 is 1.35 bits per heavy atom. The second-order valence-electron chi connectivity index (χ2n) is 4.28. The number of benzene rings is 1. The minimum absolute atomic E-state index is 0.290. The molecule has 106 valence electrons. The van der Waals surface area contributed by atoms with Crippen LogP contribution in [-0.4, -0.2) is 42.0 Å². The summed E-state index contributed by atoms with van der Waals surface area (Å²) in [7, 11) is 0. The summed E-state index contributed by atoms with van der Waals surface area (Å²) in [6.45, 7) is 2.15. The van der Waals surface area contributed by atoms with Crippen LogP contribution in [0.3, 0.4) is 0 Å². The van der Waals surface area contributed by atoms with E-state index in [1.165, 1.54) is 6.92 Å². The van der Waals surface area contributed by atoms with Crippen molar-refractivity contribution in [1.29, 1.82) is 0 Å². The summed E-state index contributed by atoms with van der Waals surface area (Å²) in [5, 5.41) is 2.52. The van der Waals surface area contributed by atoms with E-state index in [0.29, 0.717) is 12.1 Å². The Balaban J connectivity index is 1.98. The van der Waals surface area contributed by atoms with Crippen LogP contribution in [0.1, 0.15) is 17.3 Å². The number of urea groups is 1. The Kier molecular flexibility index (Phi) is 4.39. The Bertz CT molecular complexity index is 544. The second kappa shape index (κ2) is 6.04. The Morgan fingerprint density at radius 2 is 2.00 bits per heavy atom. The van der Waals surface area contributed by atoms with E-state index < -0.39 is 24.0 Å². The number of rotatable bonds is 3. The highest BCUT2D eigenvalue weighted by atomic mass is 79.9. The number of nitrogens with one attached hydrogen (secondary N) is 1. The Hall–Kier alpha value is -1.89. The fraction of sp³-hybridized carbons (Fsp3) is 0.308. The van der Waals surface area contributed by atoms with Gasteiger partial charge in [0.1, 0.15) is 0 Å². The standard InChI is InChI=1S/C13H13BrN2O4/c1-8(11(17)16-7-6-15-13(16)19)20-12(18)9-2-4-10(14)5-3-9/h2-5,8H,6-7H2,1H3,(H,15,19). The first kappa shape index (κ1) is 14.5. The van der Waals surface area contributed by atoms with Gasteiger partial charge in [-0.2, -0.15) is 0 Å². The third-order valence-electron chi connectivity index (χ3n) is 2.83. The number of hydrogen-bond acceptors (Lipinski definition) is 4. The summed E-state index contributed by atoms with van der Waals surface area (Å²) in [4.78, 5) is 36.2. The van der Waals surface area contributed by atoms with Crippen molar-refractivity contribution in [2.45, 2.75) is 13.0 Å². The third kappa shape index (κ3) is 3.16. The smallest absolute Gasteiger partial charge is 0.338 e. The minimum Gasteiger partial charge on any atom is -0.449 e. The molecule has 2 rings (SSSR count). The van der Waals surface area contributed by atoms with Crippen molar-refractivity contribution in [2.75, 3.05) is 13.1 Å². The number of halogens is 1. The van der Waals surface area contributed by atoms with Gasteiger partial charge in [0.05, 0.1) is 5.56 Å². The van der Waals surface area contributed by atoms with Gasteiger partial charge in [0, 0.05) is 17.6 Å². The van der Waals surface area contributed by atoms with Crippen LogP contribution in [0, 0.1) is 0 Å². The van der Waals surface area contributed by atoms with E-state index in [4.69, 9.17) is 4.74 Å². The minimum atomic E-state index is -1.00. The average Bonchev–Trinajstić information content (AvgIpc) is 2.84. The van der Waals surface area contributed by atoms with Gasteiger partial charge >= 0.3 is 12.0 Å². The van der Waals surface area contributed by atoms with Gasteiger partial charge in [-0.1, -0.05) is 15.9 Å². The van der Waals surface area contributed by atoms with Crippen molar-refractivity contribution >= 4 is 33.8 Å². The number of nitrogens with zero attached hydrogens (tertiary/aromatic N) is 1. The highest BCUT2D eigenvalue weighted by Gasteiger charge is 2.31. The average molecular weight is 341 g/mol. The molecule has 3 amide bonds. The zero-order valence-corrected chi connectivity index (χ0v) is 12.3. The van der Waals surface area contributed by atoms with E-state index >= 15 is 0 Å². The maximum Gasteiger partial charge on any atom is 0.338 e. The molecule has 1 atom stereocenters. The van der Waals surface area contributed by atoms with Crippen molar-refractivity contribution in [3.63, 3.8) is 0 Å². The van der Waals surface area contributed by atoms with Gasteiger partial charge in [0.2, 0.25) is 0 Å². The molecule has 1 fully saturated rings. The van der Waals surface area contributed by atoms with Gasteiger partial charge in [-0.15, -0.1) is 0 Å². The summed E-state index contributed by atoms with van der Waals surface area (Å²) in [5.74, 6) is -1.12. The molecule has 0 radical (unpaired) electrons. The summed E-state index contributed by atoms with van der Waals surface area (Å²) in [6.07, 6.45) is -1.00. The molecule has 1 aliphatic heterocycles. The molecule has 0 spiro atoms. The van der Waals surface area contributed by atoms with Gasteiger partial charge in [-0.3, -0.25) is 9.69 Å². The van der Waals surface area contributed by atoms with Gasteiger partial charge < -0.3 is 10.1 Å². The van der Waals surface area contributed by atoms with E-state index in [0.717, 1.165) is 9.37 Å².